The largest absolute Gasteiger partial charge is 0.366 e. The van der Waals surface area contributed by atoms with Gasteiger partial charge in [-0.15, -0.1) is 0 Å². The molecule has 2 atom stereocenters. The molecule has 2 heterocycles. The average molecular weight is 410 g/mol. The maximum atomic E-state index is 11.5. The zero-order chi connectivity index (χ0) is 19.4. The second-order valence-electron chi connectivity index (χ2n) is 6.44. The summed E-state index contributed by atoms with van der Waals surface area (Å²) < 4.78 is 1.60. The summed E-state index contributed by atoms with van der Waals surface area (Å²) in [6.45, 7) is 3.49. The highest BCUT2D eigenvalue weighted by molar-refractivity contribution is 6.33. The lowest BCUT2D eigenvalue weighted by Crippen LogP contribution is -2.41. The Labute approximate surface area is 167 Å². The van der Waals surface area contributed by atoms with Crippen molar-refractivity contribution in [3.05, 3.63) is 35.2 Å². The Hall–Kier alpha value is -2.32. The van der Waals surface area contributed by atoms with Gasteiger partial charge >= 0.3 is 0 Å². The van der Waals surface area contributed by atoms with Gasteiger partial charge in [0.25, 0.3) is 0 Å². The van der Waals surface area contributed by atoms with Gasteiger partial charge in [0.05, 0.1) is 11.9 Å². The Kier molecular flexibility index (Phi) is 6.18. The SMILES string of the molecule is C=CC(=O)NC1CCCC(Nc2nc(Nc3cn(C)nc3Cl)ncc2Cl)C1. The van der Waals surface area contributed by atoms with Gasteiger partial charge in [0.2, 0.25) is 11.9 Å². The Morgan fingerprint density at radius 3 is 2.85 bits per heavy atom. The summed E-state index contributed by atoms with van der Waals surface area (Å²) in [5, 5.41) is 14.2. The molecular weight excluding hydrogens is 389 g/mol. The average Bonchev–Trinajstić information content (AvgIpc) is 2.95. The van der Waals surface area contributed by atoms with Crippen LogP contribution in [0, 0.1) is 0 Å². The van der Waals surface area contributed by atoms with Gasteiger partial charge in [-0.1, -0.05) is 29.8 Å². The third-order valence-corrected chi connectivity index (χ3v) is 4.88. The summed E-state index contributed by atoms with van der Waals surface area (Å²) in [6.07, 6.45) is 8.26. The van der Waals surface area contributed by atoms with Crippen LogP contribution in [-0.2, 0) is 11.8 Å². The van der Waals surface area contributed by atoms with Crippen molar-refractivity contribution in [2.45, 2.75) is 37.8 Å². The molecule has 1 saturated carbocycles. The van der Waals surface area contributed by atoms with E-state index in [9.17, 15) is 4.79 Å². The minimum absolute atomic E-state index is 0.106. The fourth-order valence-corrected chi connectivity index (χ4v) is 3.46. The van der Waals surface area contributed by atoms with E-state index in [2.05, 4.69) is 37.6 Å². The lowest BCUT2D eigenvalue weighted by Gasteiger charge is -2.30. The van der Waals surface area contributed by atoms with Gasteiger partial charge in [0.1, 0.15) is 5.02 Å². The first-order valence-electron chi connectivity index (χ1n) is 8.62. The van der Waals surface area contributed by atoms with Crippen LogP contribution in [0.2, 0.25) is 10.2 Å². The summed E-state index contributed by atoms with van der Waals surface area (Å²) in [7, 11) is 1.78. The van der Waals surface area contributed by atoms with Crippen LogP contribution in [0.3, 0.4) is 0 Å². The van der Waals surface area contributed by atoms with Crippen LogP contribution in [0.1, 0.15) is 25.7 Å². The Morgan fingerprint density at radius 1 is 1.37 bits per heavy atom. The molecule has 2 unspecified atom stereocenters. The van der Waals surface area contributed by atoms with Crippen molar-refractivity contribution in [1.82, 2.24) is 25.1 Å². The second kappa shape index (κ2) is 8.58. The zero-order valence-corrected chi connectivity index (χ0v) is 16.4. The summed E-state index contributed by atoms with van der Waals surface area (Å²) in [4.78, 5) is 20.2. The van der Waals surface area contributed by atoms with Crippen molar-refractivity contribution in [1.29, 1.82) is 0 Å². The van der Waals surface area contributed by atoms with Crippen molar-refractivity contribution in [2.75, 3.05) is 10.6 Å². The molecule has 3 N–H and O–H groups in total. The van der Waals surface area contributed by atoms with Crippen molar-refractivity contribution < 1.29 is 4.79 Å². The number of aryl methyl sites for hydroxylation is 1. The Balaban J connectivity index is 1.68. The topological polar surface area (TPSA) is 96.8 Å². The molecule has 1 fully saturated rings. The van der Waals surface area contributed by atoms with Crippen molar-refractivity contribution in [3.63, 3.8) is 0 Å². The fraction of sp³-hybridized carbons (Fsp3) is 0.412. The molecule has 1 aliphatic carbocycles. The minimum Gasteiger partial charge on any atom is -0.366 e. The zero-order valence-electron chi connectivity index (χ0n) is 14.9. The summed E-state index contributed by atoms with van der Waals surface area (Å²) in [5.74, 6) is 0.750. The van der Waals surface area contributed by atoms with Crippen LogP contribution < -0.4 is 16.0 Å². The summed E-state index contributed by atoms with van der Waals surface area (Å²) in [5.41, 5.74) is 0.609. The molecule has 0 aromatic carbocycles. The molecule has 0 bridgehead atoms. The molecule has 0 radical (unpaired) electrons. The number of carbonyl (C=O) groups is 1. The molecule has 27 heavy (non-hydrogen) atoms. The Morgan fingerprint density at radius 2 is 2.15 bits per heavy atom. The van der Waals surface area contributed by atoms with Crippen LogP contribution in [-0.4, -0.2) is 37.7 Å². The number of aromatic nitrogens is 4. The second-order valence-corrected chi connectivity index (χ2v) is 7.21. The summed E-state index contributed by atoms with van der Waals surface area (Å²) >= 11 is 12.3. The van der Waals surface area contributed by atoms with E-state index in [-0.39, 0.29) is 18.0 Å². The maximum Gasteiger partial charge on any atom is 0.243 e. The molecular formula is C17H21Cl2N7O. The first-order chi connectivity index (χ1) is 12.9. The van der Waals surface area contributed by atoms with Gasteiger partial charge in [-0.2, -0.15) is 10.1 Å². The Bertz CT molecular complexity index is 839. The number of nitrogens with zero attached hydrogens (tertiary/aromatic N) is 4. The van der Waals surface area contributed by atoms with E-state index < -0.39 is 0 Å². The highest BCUT2D eigenvalue weighted by Crippen LogP contribution is 2.27. The molecule has 0 saturated heterocycles. The van der Waals surface area contributed by atoms with Crippen LogP contribution in [0.15, 0.2) is 25.0 Å². The number of carbonyl (C=O) groups excluding carboxylic acids is 1. The molecule has 2 aromatic heterocycles. The highest BCUT2D eigenvalue weighted by Gasteiger charge is 2.24. The molecule has 144 valence electrons. The quantitative estimate of drug-likeness (QED) is 0.633. The predicted molar refractivity (Wildman–Crippen MR) is 107 cm³/mol. The van der Waals surface area contributed by atoms with Crippen molar-refractivity contribution in [2.24, 2.45) is 7.05 Å². The normalized spacial score (nSPS) is 19.4. The number of hydrogen-bond acceptors (Lipinski definition) is 6. The van der Waals surface area contributed by atoms with E-state index in [4.69, 9.17) is 23.2 Å². The lowest BCUT2D eigenvalue weighted by molar-refractivity contribution is -0.117. The molecule has 8 nitrogen and oxygen atoms in total. The number of amides is 1. The molecule has 1 aliphatic rings. The van der Waals surface area contributed by atoms with Crippen LogP contribution in [0.5, 0.6) is 0 Å². The molecule has 0 aliphatic heterocycles. The van der Waals surface area contributed by atoms with Gasteiger partial charge in [-0.05, 0) is 31.8 Å². The van der Waals surface area contributed by atoms with Gasteiger partial charge in [-0.25, -0.2) is 4.98 Å². The van der Waals surface area contributed by atoms with Crippen LogP contribution >= 0.6 is 23.2 Å². The minimum atomic E-state index is -0.152. The van der Waals surface area contributed by atoms with E-state index in [0.717, 1.165) is 25.7 Å². The number of hydrogen-bond donors (Lipinski definition) is 3. The monoisotopic (exact) mass is 409 g/mol. The van der Waals surface area contributed by atoms with E-state index in [1.165, 1.54) is 12.3 Å². The molecule has 10 heteroatoms. The third kappa shape index (κ3) is 5.11. The molecule has 1 amide bonds. The fourth-order valence-electron chi connectivity index (χ4n) is 3.10. The van der Waals surface area contributed by atoms with Crippen molar-refractivity contribution in [3.8, 4) is 0 Å². The van der Waals surface area contributed by atoms with Gasteiger partial charge in [0, 0.05) is 25.3 Å². The first kappa shape index (κ1) is 19.4. The number of anilines is 3. The standard InChI is InChI=1S/C17H21Cl2N7O/c1-3-14(27)21-10-5-4-6-11(7-10)22-16-12(18)8-20-17(24-16)23-13-9-26(2)25-15(13)19/h3,8-11H,1,4-7H2,2H3,(H,21,27)(H2,20,22,23,24). The van der Waals surface area contributed by atoms with Gasteiger partial charge in [-0.3, -0.25) is 9.48 Å². The molecule has 2 aromatic rings. The van der Waals surface area contributed by atoms with Crippen LogP contribution in [0.4, 0.5) is 17.5 Å². The number of nitrogens with one attached hydrogen (secondary N) is 3. The summed E-state index contributed by atoms with van der Waals surface area (Å²) in [6, 6.07) is 0.255. The van der Waals surface area contributed by atoms with E-state index >= 15 is 0 Å². The smallest absolute Gasteiger partial charge is 0.243 e. The predicted octanol–water partition coefficient (Wildman–Crippen LogP) is 3.29. The first-order valence-corrected chi connectivity index (χ1v) is 9.38. The van der Waals surface area contributed by atoms with E-state index in [1.54, 1.807) is 17.9 Å². The lowest BCUT2D eigenvalue weighted by atomic mass is 9.91. The van der Waals surface area contributed by atoms with Gasteiger partial charge in [0.15, 0.2) is 11.0 Å². The third-order valence-electron chi connectivity index (χ3n) is 4.32. The van der Waals surface area contributed by atoms with Crippen molar-refractivity contribution >= 4 is 46.6 Å². The van der Waals surface area contributed by atoms with E-state index in [1.807, 2.05) is 0 Å². The van der Waals surface area contributed by atoms with Gasteiger partial charge < -0.3 is 16.0 Å². The molecule has 0 spiro atoms. The molecule has 3 rings (SSSR count). The number of halogens is 2. The van der Waals surface area contributed by atoms with E-state index in [0.29, 0.717) is 27.6 Å². The van der Waals surface area contributed by atoms with Crippen LogP contribution in [0.25, 0.3) is 0 Å². The highest BCUT2D eigenvalue weighted by atomic mass is 35.5. The number of rotatable bonds is 6. The maximum absolute atomic E-state index is 11.5.